The molecule has 1 aliphatic heterocycles. The number of primary amides is 1. The van der Waals surface area contributed by atoms with Crippen molar-refractivity contribution in [3.8, 4) is 6.01 Å². The summed E-state index contributed by atoms with van der Waals surface area (Å²) in [6.45, 7) is 3.28. The number of amides is 2. The topological polar surface area (TPSA) is 133 Å². The van der Waals surface area contributed by atoms with Crippen LogP contribution >= 0.6 is 0 Å². The lowest BCUT2D eigenvalue weighted by atomic mass is 9.92. The number of nitrogens with one attached hydrogen (secondary N) is 1. The molecule has 0 saturated carbocycles. The fourth-order valence-corrected chi connectivity index (χ4v) is 3.89. The number of anilines is 1. The highest BCUT2D eigenvalue weighted by molar-refractivity contribution is 5.93. The average molecular weight is 511 g/mol. The number of alkyl halides is 3. The van der Waals surface area contributed by atoms with E-state index >= 15 is 0 Å². The van der Waals surface area contributed by atoms with Gasteiger partial charge >= 0.3 is 12.2 Å². The minimum absolute atomic E-state index is 0.0776. The molecule has 0 bridgehead atoms. The number of hydrogen-bond donors (Lipinski definition) is 2. The van der Waals surface area contributed by atoms with Gasteiger partial charge in [-0.15, -0.1) is 0 Å². The van der Waals surface area contributed by atoms with E-state index in [4.69, 9.17) is 15.2 Å². The number of hydrogen-bond acceptors (Lipinski definition) is 8. The number of aromatic nitrogens is 3. The molecular weight excluding hydrogens is 481 g/mol. The van der Waals surface area contributed by atoms with Crippen LogP contribution in [0.1, 0.15) is 57.9 Å². The van der Waals surface area contributed by atoms with E-state index in [2.05, 4.69) is 15.0 Å². The molecule has 0 aliphatic carbocycles. The van der Waals surface area contributed by atoms with Crippen LogP contribution in [0.15, 0.2) is 18.2 Å². The lowest BCUT2D eigenvalue weighted by Gasteiger charge is -2.33. The summed E-state index contributed by atoms with van der Waals surface area (Å²) in [7, 11) is 1.49. The maximum absolute atomic E-state index is 12.6. The molecular formula is C23H29F3N6O4. The summed E-state index contributed by atoms with van der Waals surface area (Å²) in [5, 5.41) is 1.82. The number of methoxy groups -OCH3 is 1. The molecule has 0 aromatic carbocycles. The van der Waals surface area contributed by atoms with Crippen LogP contribution in [0.4, 0.5) is 19.0 Å². The normalized spacial score (nSPS) is 15.4. The monoisotopic (exact) mass is 510 g/mol. The van der Waals surface area contributed by atoms with E-state index in [1.54, 1.807) is 13.8 Å². The molecule has 3 N–H and O–H groups in total. The summed E-state index contributed by atoms with van der Waals surface area (Å²) in [5.41, 5.74) is 6.90. The maximum Gasteiger partial charge on any atom is 0.405 e. The summed E-state index contributed by atoms with van der Waals surface area (Å²) in [6.07, 6.45) is -3.67. The van der Waals surface area contributed by atoms with Crippen LogP contribution in [0, 0.1) is 6.92 Å². The highest BCUT2D eigenvalue weighted by Gasteiger charge is 2.29. The van der Waals surface area contributed by atoms with Crippen LogP contribution in [0.2, 0.25) is 0 Å². The van der Waals surface area contributed by atoms with E-state index < -0.39 is 30.6 Å². The van der Waals surface area contributed by atoms with Crippen molar-refractivity contribution >= 4 is 17.6 Å². The molecule has 1 aliphatic rings. The van der Waals surface area contributed by atoms with Crippen molar-refractivity contribution in [1.29, 1.82) is 0 Å². The van der Waals surface area contributed by atoms with Gasteiger partial charge in [-0.25, -0.2) is 4.98 Å². The highest BCUT2D eigenvalue weighted by atomic mass is 19.4. The SMILES string of the molecule is COC[C@@H](C)Oc1nc(C(=O)NCC(F)(F)F)cc(N2CCC(c3ccc(C)c(C(N)=O)n3)CC2)n1. The second-order valence-electron chi connectivity index (χ2n) is 8.60. The number of ether oxygens (including phenoxy) is 2. The van der Waals surface area contributed by atoms with Gasteiger partial charge in [-0.2, -0.15) is 23.1 Å². The van der Waals surface area contributed by atoms with Crippen molar-refractivity contribution < 1.29 is 32.2 Å². The zero-order valence-electron chi connectivity index (χ0n) is 20.3. The second-order valence-corrected chi connectivity index (χ2v) is 8.60. The average Bonchev–Trinajstić information content (AvgIpc) is 2.82. The number of rotatable bonds is 9. The summed E-state index contributed by atoms with van der Waals surface area (Å²) >= 11 is 0. The zero-order chi connectivity index (χ0) is 26.5. The van der Waals surface area contributed by atoms with Gasteiger partial charge in [-0.05, 0) is 38.3 Å². The Bertz CT molecular complexity index is 1090. The Balaban J connectivity index is 1.78. The lowest BCUT2D eigenvalue weighted by molar-refractivity contribution is -0.123. The first-order chi connectivity index (χ1) is 17.0. The Morgan fingerprint density at radius 2 is 1.92 bits per heavy atom. The van der Waals surface area contributed by atoms with E-state index in [-0.39, 0.29) is 29.9 Å². The van der Waals surface area contributed by atoms with Crippen molar-refractivity contribution in [2.24, 2.45) is 5.73 Å². The predicted octanol–water partition coefficient (Wildman–Crippen LogP) is 2.37. The molecule has 0 spiro atoms. The Labute approximate surface area is 206 Å². The minimum Gasteiger partial charge on any atom is -0.458 e. The Kier molecular flexibility index (Phi) is 8.66. The molecule has 1 fully saturated rings. The Morgan fingerprint density at radius 3 is 2.53 bits per heavy atom. The van der Waals surface area contributed by atoms with Gasteiger partial charge in [-0.1, -0.05) is 6.07 Å². The molecule has 36 heavy (non-hydrogen) atoms. The molecule has 3 heterocycles. The van der Waals surface area contributed by atoms with Crippen molar-refractivity contribution in [1.82, 2.24) is 20.3 Å². The summed E-state index contributed by atoms with van der Waals surface area (Å²) in [4.78, 5) is 38.8. The number of piperidine rings is 1. The van der Waals surface area contributed by atoms with E-state index in [9.17, 15) is 22.8 Å². The van der Waals surface area contributed by atoms with Crippen LogP contribution in [0.25, 0.3) is 0 Å². The van der Waals surface area contributed by atoms with Crippen molar-refractivity contribution in [3.63, 3.8) is 0 Å². The van der Waals surface area contributed by atoms with Gasteiger partial charge in [-0.3, -0.25) is 9.59 Å². The van der Waals surface area contributed by atoms with Gasteiger partial charge < -0.3 is 25.4 Å². The first-order valence-electron chi connectivity index (χ1n) is 11.4. The largest absolute Gasteiger partial charge is 0.458 e. The first kappa shape index (κ1) is 27.1. The molecule has 0 radical (unpaired) electrons. The molecule has 196 valence electrons. The number of aryl methyl sites for hydroxylation is 1. The molecule has 13 heteroatoms. The molecule has 10 nitrogen and oxygen atoms in total. The molecule has 3 rings (SSSR count). The van der Waals surface area contributed by atoms with Crippen molar-refractivity contribution in [3.05, 3.63) is 40.8 Å². The van der Waals surface area contributed by atoms with Crippen LogP contribution in [-0.2, 0) is 4.74 Å². The van der Waals surface area contributed by atoms with E-state index in [0.717, 1.165) is 5.69 Å². The molecule has 2 aromatic heterocycles. The highest BCUT2D eigenvalue weighted by Crippen LogP contribution is 2.30. The first-order valence-corrected chi connectivity index (χ1v) is 11.4. The fraction of sp³-hybridized carbons (Fsp3) is 0.522. The van der Waals surface area contributed by atoms with Crippen LogP contribution in [0.5, 0.6) is 6.01 Å². The number of pyridine rings is 1. The zero-order valence-corrected chi connectivity index (χ0v) is 20.3. The van der Waals surface area contributed by atoms with Gasteiger partial charge in [0.1, 0.15) is 29.9 Å². The quantitative estimate of drug-likeness (QED) is 0.526. The Hall–Kier alpha value is -3.48. The van der Waals surface area contributed by atoms with Gasteiger partial charge in [0.05, 0.1) is 6.61 Å². The Morgan fingerprint density at radius 1 is 1.22 bits per heavy atom. The number of nitrogens with zero attached hydrogens (tertiary/aromatic N) is 4. The molecule has 2 amide bonds. The molecule has 1 atom stereocenters. The standard InChI is InChI=1S/C23H29F3N6O4/c1-13-4-5-16(29-19(13)20(27)33)15-6-8-32(9-7-15)18-10-17(21(34)28-12-23(24,25)26)30-22(31-18)36-14(2)11-35-3/h4-5,10,14-15H,6-9,11-12H2,1-3H3,(H2,27,33)(H,28,34)/t14-/m1/s1. The van der Waals surface area contributed by atoms with Gasteiger partial charge in [0, 0.05) is 37.9 Å². The maximum atomic E-state index is 12.6. The molecule has 0 unspecified atom stereocenters. The summed E-state index contributed by atoms with van der Waals surface area (Å²) < 4.78 is 48.4. The second kappa shape index (κ2) is 11.5. The van der Waals surface area contributed by atoms with E-state index in [1.165, 1.54) is 13.2 Å². The predicted molar refractivity (Wildman–Crippen MR) is 124 cm³/mol. The number of carbonyl (C=O) groups is 2. The van der Waals surface area contributed by atoms with Gasteiger partial charge in [0.15, 0.2) is 0 Å². The van der Waals surface area contributed by atoms with Gasteiger partial charge in [0.25, 0.3) is 11.8 Å². The summed E-state index contributed by atoms with van der Waals surface area (Å²) in [5.74, 6) is -1.14. The number of nitrogens with two attached hydrogens (primary N) is 1. The van der Waals surface area contributed by atoms with E-state index in [1.807, 2.05) is 22.3 Å². The van der Waals surface area contributed by atoms with Crippen molar-refractivity contribution in [2.75, 3.05) is 38.3 Å². The van der Waals surface area contributed by atoms with Crippen LogP contribution in [0.3, 0.4) is 0 Å². The smallest absolute Gasteiger partial charge is 0.405 e. The minimum atomic E-state index is -4.56. The third-order valence-electron chi connectivity index (χ3n) is 5.67. The fourth-order valence-electron chi connectivity index (χ4n) is 3.89. The van der Waals surface area contributed by atoms with Crippen LogP contribution < -0.4 is 20.7 Å². The molecule has 2 aromatic rings. The third-order valence-corrected chi connectivity index (χ3v) is 5.67. The third kappa shape index (κ3) is 7.26. The summed E-state index contributed by atoms with van der Waals surface area (Å²) in [6, 6.07) is 4.90. The molecule has 1 saturated heterocycles. The van der Waals surface area contributed by atoms with E-state index in [0.29, 0.717) is 37.3 Å². The van der Waals surface area contributed by atoms with Crippen molar-refractivity contribution in [2.45, 2.75) is 44.9 Å². The number of halogens is 3. The number of carbonyl (C=O) groups excluding carboxylic acids is 2. The van der Waals surface area contributed by atoms with Crippen LogP contribution in [-0.4, -0.2) is 72.4 Å². The lowest BCUT2D eigenvalue weighted by Crippen LogP contribution is -2.36. The van der Waals surface area contributed by atoms with Gasteiger partial charge in [0.2, 0.25) is 0 Å².